The molecule has 0 amide bonds. The molecule has 2 aromatic rings. The van der Waals surface area contributed by atoms with Gasteiger partial charge >= 0.3 is 0 Å². The van der Waals surface area contributed by atoms with E-state index in [1.54, 1.807) is 12.1 Å². The first-order chi connectivity index (χ1) is 9.47. The molecule has 0 saturated carbocycles. The van der Waals surface area contributed by atoms with Crippen molar-refractivity contribution in [2.45, 2.75) is 16.4 Å². The molecule has 0 aliphatic carbocycles. The van der Waals surface area contributed by atoms with E-state index in [9.17, 15) is 8.42 Å². The van der Waals surface area contributed by atoms with Crippen LogP contribution in [0.4, 0.5) is 5.69 Å². The predicted octanol–water partition coefficient (Wildman–Crippen LogP) is 3.06. The largest absolute Gasteiger partial charge is 0.450 e. The summed E-state index contributed by atoms with van der Waals surface area (Å²) in [6.07, 6.45) is 1.87. The number of halogens is 1. The third-order valence-electron chi connectivity index (χ3n) is 2.50. The van der Waals surface area contributed by atoms with Gasteiger partial charge in [-0.2, -0.15) is 0 Å². The maximum Gasteiger partial charge on any atom is 0.266 e. The van der Waals surface area contributed by atoms with Crippen molar-refractivity contribution in [1.82, 2.24) is 0 Å². The first-order valence-corrected chi connectivity index (χ1v) is 9.03. The third-order valence-corrected chi connectivity index (χ3v) is 5.52. The van der Waals surface area contributed by atoms with Gasteiger partial charge in [0, 0.05) is 11.0 Å². The Morgan fingerprint density at radius 3 is 2.70 bits per heavy atom. The number of furan rings is 1. The van der Waals surface area contributed by atoms with Crippen LogP contribution in [0.5, 0.6) is 0 Å². The maximum absolute atomic E-state index is 12.3. The highest BCUT2D eigenvalue weighted by molar-refractivity contribution is 9.10. The molecular weight excluding hydrogens is 366 g/mol. The Morgan fingerprint density at radius 2 is 2.10 bits per heavy atom. The number of aliphatic hydroxyl groups is 1. The van der Waals surface area contributed by atoms with Gasteiger partial charge in [-0.25, -0.2) is 8.42 Å². The van der Waals surface area contributed by atoms with Crippen LogP contribution in [0.2, 0.25) is 0 Å². The lowest BCUT2D eigenvalue weighted by atomic mass is 10.3. The van der Waals surface area contributed by atoms with Crippen LogP contribution in [0.3, 0.4) is 0 Å². The molecular formula is C12H12BrNO4S2. The number of hydrogen-bond donors (Lipinski definition) is 2. The fourth-order valence-corrected chi connectivity index (χ4v) is 4.28. The molecule has 0 atom stereocenters. The SMILES string of the molecule is CSc1ccccc1NS(=O)(=O)c1cc(CO)oc1Br. The lowest BCUT2D eigenvalue weighted by molar-refractivity contribution is 0.245. The topological polar surface area (TPSA) is 79.5 Å². The minimum atomic E-state index is -3.78. The molecule has 0 unspecified atom stereocenters. The zero-order valence-corrected chi connectivity index (χ0v) is 13.7. The third kappa shape index (κ3) is 3.20. The van der Waals surface area contributed by atoms with Crippen molar-refractivity contribution in [2.24, 2.45) is 0 Å². The maximum atomic E-state index is 12.3. The summed E-state index contributed by atoms with van der Waals surface area (Å²) < 4.78 is 32.3. The number of benzene rings is 1. The minimum absolute atomic E-state index is 0.0440. The van der Waals surface area contributed by atoms with E-state index in [1.807, 2.05) is 18.4 Å². The first-order valence-electron chi connectivity index (χ1n) is 5.53. The average Bonchev–Trinajstić information content (AvgIpc) is 2.81. The monoisotopic (exact) mass is 377 g/mol. The van der Waals surface area contributed by atoms with Crippen molar-refractivity contribution in [2.75, 3.05) is 11.0 Å². The van der Waals surface area contributed by atoms with Crippen molar-refractivity contribution < 1.29 is 17.9 Å². The van der Waals surface area contributed by atoms with E-state index in [0.29, 0.717) is 5.69 Å². The van der Waals surface area contributed by atoms with Gasteiger partial charge in [-0.15, -0.1) is 11.8 Å². The second-order valence-electron chi connectivity index (χ2n) is 3.81. The molecule has 1 aromatic heterocycles. The van der Waals surface area contributed by atoms with Crippen LogP contribution in [0.1, 0.15) is 5.76 Å². The van der Waals surface area contributed by atoms with Gasteiger partial charge < -0.3 is 9.52 Å². The van der Waals surface area contributed by atoms with Crippen LogP contribution < -0.4 is 4.72 Å². The van der Waals surface area contributed by atoms with E-state index < -0.39 is 10.0 Å². The summed E-state index contributed by atoms with van der Waals surface area (Å²) in [7, 11) is -3.78. The number of para-hydroxylation sites is 1. The first kappa shape index (κ1) is 15.4. The molecule has 0 bridgehead atoms. The molecule has 1 aromatic carbocycles. The summed E-state index contributed by atoms with van der Waals surface area (Å²) in [5.41, 5.74) is 0.499. The lowest BCUT2D eigenvalue weighted by Crippen LogP contribution is -2.13. The second kappa shape index (κ2) is 6.21. The Hall–Kier alpha value is -0.960. The van der Waals surface area contributed by atoms with Crippen LogP contribution in [-0.4, -0.2) is 19.8 Å². The van der Waals surface area contributed by atoms with Gasteiger partial charge in [-0.1, -0.05) is 12.1 Å². The van der Waals surface area contributed by atoms with Crippen LogP contribution >= 0.6 is 27.7 Å². The quantitative estimate of drug-likeness (QED) is 0.782. The molecule has 0 aliphatic rings. The molecule has 0 fully saturated rings. The Balaban J connectivity index is 2.38. The van der Waals surface area contributed by atoms with E-state index in [4.69, 9.17) is 9.52 Å². The van der Waals surface area contributed by atoms with Crippen LogP contribution in [0.15, 0.2) is 49.2 Å². The molecule has 1 heterocycles. The van der Waals surface area contributed by atoms with Crippen LogP contribution in [-0.2, 0) is 16.6 Å². The normalized spacial score (nSPS) is 11.6. The minimum Gasteiger partial charge on any atom is -0.450 e. The number of rotatable bonds is 5. The summed E-state index contributed by atoms with van der Waals surface area (Å²) in [5.74, 6) is 0.176. The van der Waals surface area contributed by atoms with Crippen molar-refractivity contribution in [3.63, 3.8) is 0 Å². The van der Waals surface area contributed by atoms with Gasteiger partial charge in [0.1, 0.15) is 17.3 Å². The van der Waals surface area contributed by atoms with E-state index >= 15 is 0 Å². The Morgan fingerprint density at radius 1 is 1.40 bits per heavy atom. The molecule has 0 radical (unpaired) electrons. The lowest BCUT2D eigenvalue weighted by Gasteiger charge is -2.10. The zero-order chi connectivity index (χ0) is 14.8. The number of aliphatic hydroxyl groups excluding tert-OH is 1. The van der Waals surface area contributed by atoms with Crippen molar-refractivity contribution in [3.8, 4) is 0 Å². The fourth-order valence-electron chi connectivity index (χ4n) is 1.59. The van der Waals surface area contributed by atoms with Gasteiger partial charge in [0.15, 0.2) is 4.67 Å². The molecule has 8 heteroatoms. The molecule has 20 heavy (non-hydrogen) atoms. The number of anilines is 1. The molecule has 2 rings (SSSR count). The van der Waals surface area contributed by atoms with Gasteiger partial charge in [-0.05, 0) is 34.3 Å². The summed E-state index contributed by atoms with van der Waals surface area (Å²) in [5, 5.41) is 8.98. The Labute approximate surface area is 129 Å². The van der Waals surface area contributed by atoms with Gasteiger partial charge in [-0.3, -0.25) is 4.72 Å². The highest BCUT2D eigenvalue weighted by Gasteiger charge is 2.23. The van der Waals surface area contributed by atoms with Crippen molar-refractivity contribution >= 4 is 43.4 Å². The molecule has 0 saturated heterocycles. The van der Waals surface area contributed by atoms with Crippen molar-refractivity contribution in [3.05, 3.63) is 40.8 Å². The summed E-state index contributed by atoms with van der Waals surface area (Å²) in [6.45, 7) is -0.366. The van der Waals surface area contributed by atoms with Gasteiger partial charge in [0.25, 0.3) is 10.0 Å². The van der Waals surface area contributed by atoms with E-state index in [-0.39, 0.29) is 21.9 Å². The summed E-state index contributed by atoms with van der Waals surface area (Å²) in [4.78, 5) is 0.774. The highest BCUT2D eigenvalue weighted by atomic mass is 79.9. The zero-order valence-electron chi connectivity index (χ0n) is 10.5. The highest BCUT2D eigenvalue weighted by Crippen LogP contribution is 2.31. The predicted molar refractivity (Wildman–Crippen MR) is 81.4 cm³/mol. The summed E-state index contributed by atoms with van der Waals surface area (Å²) in [6, 6.07) is 8.38. The van der Waals surface area contributed by atoms with Gasteiger partial charge in [0.05, 0.1) is 5.69 Å². The number of thioether (sulfide) groups is 1. The fraction of sp³-hybridized carbons (Fsp3) is 0.167. The standard InChI is InChI=1S/C12H12BrNO4S2/c1-19-10-5-3-2-4-9(10)14-20(16,17)11-6-8(7-15)18-12(11)13/h2-6,14-15H,7H2,1H3. The van der Waals surface area contributed by atoms with Crippen LogP contribution in [0, 0.1) is 0 Å². The summed E-state index contributed by atoms with van der Waals surface area (Å²) >= 11 is 4.48. The van der Waals surface area contributed by atoms with E-state index in [0.717, 1.165) is 4.90 Å². The van der Waals surface area contributed by atoms with Crippen molar-refractivity contribution in [1.29, 1.82) is 0 Å². The van der Waals surface area contributed by atoms with Crippen LogP contribution in [0.25, 0.3) is 0 Å². The van der Waals surface area contributed by atoms with Gasteiger partial charge in [0.2, 0.25) is 0 Å². The molecule has 5 nitrogen and oxygen atoms in total. The smallest absolute Gasteiger partial charge is 0.266 e. The Kier molecular flexibility index (Phi) is 4.79. The molecule has 2 N–H and O–H groups in total. The van der Waals surface area contributed by atoms with E-state index in [1.165, 1.54) is 17.8 Å². The molecule has 0 aliphatic heterocycles. The number of sulfonamides is 1. The number of hydrogen-bond acceptors (Lipinski definition) is 5. The number of nitrogens with one attached hydrogen (secondary N) is 1. The van der Waals surface area contributed by atoms with E-state index in [2.05, 4.69) is 20.7 Å². The molecule has 108 valence electrons. The molecule has 0 spiro atoms. The second-order valence-corrected chi connectivity index (χ2v) is 7.03. The Bertz CT molecular complexity index is 712. The average molecular weight is 378 g/mol.